The Morgan fingerprint density at radius 2 is 1.57 bits per heavy atom. The Morgan fingerprint density at radius 3 is 2.21 bits per heavy atom. The minimum Gasteiger partial charge on any atom is -0.494 e. The van der Waals surface area contributed by atoms with E-state index in [1.54, 1.807) is 0 Å². The summed E-state index contributed by atoms with van der Waals surface area (Å²) in [5.74, 6) is 3.30. The van der Waals surface area contributed by atoms with Crippen LogP contribution in [0.5, 0.6) is 5.75 Å². The summed E-state index contributed by atoms with van der Waals surface area (Å²) in [5, 5.41) is 5.69. The molecule has 4 fully saturated rings. The Kier molecular flexibility index (Phi) is 5.88. The first-order chi connectivity index (χ1) is 13.6. The third-order valence-corrected chi connectivity index (χ3v) is 6.80. The second-order valence-corrected chi connectivity index (χ2v) is 9.24. The van der Waals surface area contributed by atoms with Gasteiger partial charge in [-0.2, -0.15) is 0 Å². The van der Waals surface area contributed by atoms with Crippen LogP contribution in [0.4, 0.5) is 0 Å². The van der Waals surface area contributed by atoms with E-state index in [1.165, 1.54) is 38.5 Å². The molecule has 152 valence electrons. The van der Waals surface area contributed by atoms with E-state index in [2.05, 4.69) is 10.6 Å². The first-order valence-corrected chi connectivity index (χ1v) is 10.8. The van der Waals surface area contributed by atoms with Crippen LogP contribution in [0.3, 0.4) is 0 Å². The summed E-state index contributed by atoms with van der Waals surface area (Å²) in [6.45, 7) is 1.18. The van der Waals surface area contributed by atoms with E-state index < -0.39 is 0 Å². The quantitative estimate of drug-likeness (QED) is 0.642. The molecule has 28 heavy (non-hydrogen) atoms. The maximum Gasteiger partial charge on any atom is 0.239 e. The molecule has 5 nitrogen and oxygen atoms in total. The largest absolute Gasteiger partial charge is 0.494 e. The predicted molar refractivity (Wildman–Crippen MR) is 108 cm³/mol. The lowest BCUT2D eigenvalue weighted by atomic mass is 9.49. The van der Waals surface area contributed by atoms with Crippen LogP contribution in [0, 0.1) is 23.2 Å². The third-order valence-electron chi connectivity index (χ3n) is 6.80. The van der Waals surface area contributed by atoms with E-state index in [4.69, 9.17) is 4.74 Å². The molecule has 1 aromatic carbocycles. The highest BCUT2D eigenvalue weighted by Crippen LogP contribution is 2.61. The van der Waals surface area contributed by atoms with Gasteiger partial charge in [-0.15, -0.1) is 0 Å². The fraction of sp³-hybridized carbons (Fsp3) is 0.652. The number of amides is 2. The van der Waals surface area contributed by atoms with Gasteiger partial charge in [0.15, 0.2) is 0 Å². The molecule has 0 atom stereocenters. The molecule has 0 radical (unpaired) electrons. The molecule has 4 aliphatic carbocycles. The van der Waals surface area contributed by atoms with Crippen LogP contribution in [0.25, 0.3) is 0 Å². The maximum absolute atomic E-state index is 12.5. The van der Waals surface area contributed by atoms with E-state index in [0.29, 0.717) is 19.6 Å². The first kappa shape index (κ1) is 19.3. The van der Waals surface area contributed by atoms with Crippen molar-refractivity contribution in [3.05, 3.63) is 30.3 Å². The Bertz CT molecular complexity index is 653. The van der Waals surface area contributed by atoms with Gasteiger partial charge in [-0.25, -0.2) is 0 Å². The zero-order valence-electron chi connectivity index (χ0n) is 16.6. The summed E-state index contributed by atoms with van der Waals surface area (Å²) in [4.78, 5) is 24.4. The molecule has 4 saturated carbocycles. The van der Waals surface area contributed by atoms with Crippen LogP contribution in [-0.4, -0.2) is 31.5 Å². The van der Waals surface area contributed by atoms with Crippen LogP contribution in [0.2, 0.25) is 0 Å². The van der Waals surface area contributed by atoms with Gasteiger partial charge in [0.2, 0.25) is 11.8 Å². The first-order valence-electron chi connectivity index (χ1n) is 10.8. The molecule has 0 saturated heterocycles. The smallest absolute Gasteiger partial charge is 0.239 e. The van der Waals surface area contributed by atoms with E-state index >= 15 is 0 Å². The second-order valence-electron chi connectivity index (χ2n) is 9.24. The number of hydrogen-bond acceptors (Lipinski definition) is 3. The number of carbonyl (C=O) groups excluding carboxylic acids is 2. The van der Waals surface area contributed by atoms with Gasteiger partial charge >= 0.3 is 0 Å². The van der Waals surface area contributed by atoms with Crippen LogP contribution < -0.4 is 15.4 Å². The van der Waals surface area contributed by atoms with Crippen molar-refractivity contribution in [2.24, 2.45) is 23.2 Å². The summed E-state index contributed by atoms with van der Waals surface area (Å²) < 4.78 is 5.60. The Hall–Kier alpha value is -2.04. The van der Waals surface area contributed by atoms with Gasteiger partial charge < -0.3 is 15.4 Å². The standard InChI is InChI=1S/C23H32N2O3/c26-21(15-23-12-17-9-18(13-23)11-19(10-17)14-23)25-16-22(27)24-7-4-8-28-20-5-2-1-3-6-20/h1-3,5-6,17-19H,4,7-16H2,(H,24,27)(H,25,26). The zero-order valence-corrected chi connectivity index (χ0v) is 16.6. The van der Waals surface area contributed by atoms with Crippen molar-refractivity contribution < 1.29 is 14.3 Å². The molecule has 1 aromatic rings. The van der Waals surface area contributed by atoms with Crippen LogP contribution in [0.15, 0.2) is 30.3 Å². The normalized spacial score (nSPS) is 30.1. The predicted octanol–water partition coefficient (Wildman–Crippen LogP) is 3.29. The summed E-state index contributed by atoms with van der Waals surface area (Å²) in [6, 6.07) is 9.65. The molecule has 0 spiro atoms. The number of ether oxygens (including phenoxy) is 1. The van der Waals surface area contributed by atoms with Gasteiger partial charge in [0.25, 0.3) is 0 Å². The summed E-state index contributed by atoms with van der Waals surface area (Å²) >= 11 is 0. The molecule has 4 aliphatic rings. The number of carbonyl (C=O) groups is 2. The number of rotatable bonds is 9. The van der Waals surface area contributed by atoms with Crippen molar-refractivity contribution in [3.63, 3.8) is 0 Å². The van der Waals surface area contributed by atoms with E-state index in [9.17, 15) is 9.59 Å². The monoisotopic (exact) mass is 384 g/mol. The number of nitrogens with one attached hydrogen (secondary N) is 2. The van der Waals surface area contributed by atoms with Gasteiger partial charge in [0.1, 0.15) is 5.75 Å². The third kappa shape index (κ3) is 4.86. The SMILES string of the molecule is O=C(CNC(=O)CC12CC3CC(CC(C3)C1)C2)NCCCOc1ccccc1. The Balaban J connectivity index is 1.10. The molecule has 4 bridgehead atoms. The highest BCUT2D eigenvalue weighted by Gasteiger charge is 2.51. The molecular formula is C23H32N2O3. The molecule has 0 aliphatic heterocycles. The van der Waals surface area contributed by atoms with Gasteiger partial charge in [-0.1, -0.05) is 18.2 Å². The zero-order chi connectivity index (χ0) is 19.4. The van der Waals surface area contributed by atoms with Crippen molar-refractivity contribution in [2.75, 3.05) is 19.7 Å². The van der Waals surface area contributed by atoms with Crippen LogP contribution in [-0.2, 0) is 9.59 Å². The number of para-hydroxylation sites is 1. The molecular weight excluding hydrogens is 352 g/mol. The summed E-state index contributed by atoms with van der Waals surface area (Å²) in [7, 11) is 0. The Morgan fingerprint density at radius 1 is 0.929 bits per heavy atom. The van der Waals surface area contributed by atoms with Gasteiger partial charge in [-0.3, -0.25) is 9.59 Å². The van der Waals surface area contributed by atoms with E-state index in [-0.39, 0.29) is 23.8 Å². The number of benzene rings is 1. The lowest BCUT2D eigenvalue weighted by Gasteiger charge is -2.56. The summed E-state index contributed by atoms with van der Waals surface area (Å²) in [6.07, 6.45) is 9.17. The molecule has 0 unspecified atom stereocenters. The average Bonchev–Trinajstić information content (AvgIpc) is 2.65. The van der Waals surface area contributed by atoms with Gasteiger partial charge in [0, 0.05) is 13.0 Å². The highest BCUT2D eigenvalue weighted by molar-refractivity contribution is 5.84. The van der Waals surface area contributed by atoms with Crippen LogP contribution >= 0.6 is 0 Å². The Labute approximate surface area is 167 Å². The summed E-state index contributed by atoms with van der Waals surface area (Å²) in [5.41, 5.74) is 0.226. The number of hydrogen-bond donors (Lipinski definition) is 2. The highest BCUT2D eigenvalue weighted by atomic mass is 16.5. The van der Waals surface area contributed by atoms with Crippen molar-refractivity contribution in [2.45, 2.75) is 51.4 Å². The average molecular weight is 385 g/mol. The molecule has 0 aromatic heterocycles. The topological polar surface area (TPSA) is 67.4 Å². The van der Waals surface area contributed by atoms with Crippen molar-refractivity contribution >= 4 is 11.8 Å². The van der Waals surface area contributed by atoms with Gasteiger partial charge in [0.05, 0.1) is 13.2 Å². The van der Waals surface area contributed by atoms with Crippen molar-refractivity contribution in [3.8, 4) is 5.75 Å². The lowest BCUT2D eigenvalue weighted by molar-refractivity contribution is -0.131. The van der Waals surface area contributed by atoms with Crippen LogP contribution in [0.1, 0.15) is 51.4 Å². The fourth-order valence-corrected chi connectivity index (χ4v) is 6.16. The molecule has 2 amide bonds. The van der Waals surface area contributed by atoms with E-state index in [0.717, 1.165) is 29.9 Å². The molecule has 5 heteroatoms. The molecule has 5 rings (SSSR count). The molecule has 2 N–H and O–H groups in total. The van der Waals surface area contributed by atoms with Crippen molar-refractivity contribution in [1.82, 2.24) is 10.6 Å². The van der Waals surface area contributed by atoms with Gasteiger partial charge in [-0.05, 0) is 80.2 Å². The van der Waals surface area contributed by atoms with Crippen molar-refractivity contribution in [1.29, 1.82) is 0 Å². The van der Waals surface area contributed by atoms with E-state index in [1.807, 2.05) is 30.3 Å². The minimum atomic E-state index is -0.126. The molecule has 0 heterocycles. The fourth-order valence-electron chi connectivity index (χ4n) is 6.16. The minimum absolute atomic E-state index is 0.0458. The maximum atomic E-state index is 12.5. The lowest BCUT2D eigenvalue weighted by Crippen LogP contribution is -2.48. The second kappa shape index (κ2) is 8.54.